The topological polar surface area (TPSA) is 25.4 Å². The third kappa shape index (κ3) is 2.60. The maximum absolute atomic E-state index is 7.01. The zero-order chi connectivity index (χ0) is 16.7. The van der Waals surface area contributed by atoms with Crippen molar-refractivity contribution in [3.05, 3.63) is 48.7 Å². The minimum atomic E-state index is -0.0313. The van der Waals surface area contributed by atoms with E-state index in [4.69, 9.17) is 16.3 Å². The smallest absolute Gasteiger partial charge is 0.119 e. The Bertz CT molecular complexity index is 762. The lowest BCUT2D eigenvalue weighted by Crippen LogP contribution is -2.54. The van der Waals surface area contributed by atoms with Crippen LogP contribution in [0.2, 0.25) is 0 Å². The Morgan fingerprint density at radius 1 is 1.42 bits per heavy atom. The monoisotopic (exact) mass is 342 g/mol. The summed E-state index contributed by atoms with van der Waals surface area (Å²) in [4.78, 5) is 7.03. The van der Waals surface area contributed by atoms with Crippen LogP contribution in [-0.4, -0.2) is 36.1 Å². The first-order chi connectivity index (χ1) is 11.7. The summed E-state index contributed by atoms with van der Waals surface area (Å²) in [6.45, 7) is 6.25. The predicted octanol–water partition coefficient (Wildman–Crippen LogP) is 4.42. The first-order valence-corrected chi connectivity index (χ1v) is 9.08. The van der Waals surface area contributed by atoms with Crippen LogP contribution >= 0.6 is 11.6 Å². The van der Waals surface area contributed by atoms with Gasteiger partial charge in [0, 0.05) is 24.2 Å². The number of piperidine rings is 3. The molecule has 2 aromatic rings. The van der Waals surface area contributed by atoms with E-state index in [1.807, 2.05) is 18.3 Å². The average Bonchev–Trinajstić information content (AvgIpc) is 2.66. The van der Waals surface area contributed by atoms with Crippen LogP contribution in [0.5, 0.6) is 5.75 Å². The fraction of sp³-hybridized carbons (Fsp3) is 0.450. The molecule has 0 N–H and O–H groups in total. The molecule has 24 heavy (non-hydrogen) atoms. The van der Waals surface area contributed by atoms with Crippen LogP contribution in [0.25, 0.3) is 10.9 Å². The first-order valence-electron chi connectivity index (χ1n) is 8.64. The zero-order valence-electron chi connectivity index (χ0n) is 14.0. The lowest BCUT2D eigenvalue weighted by atomic mass is 9.74. The van der Waals surface area contributed by atoms with Gasteiger partial charge in [-0.1, -0.05) is 6.08 Å². The molecule has 0 saturated carbocycles. The SMILES string of the molecule is C=CC1CN2CCC1CC2[C@@H](Cl)c1ccnc2ccc(OC)cc12. The minimum Gasteiger partial charge on any atom is -0.497 e. The van der Waals surface area contributed by atoms with Crippen molar-refractivity contribution >= 4 is 22.5 Å². The number of ether oxygens (including phenoxy) is 1. The van der Waals surface area contributed by atoms with Crippen molar-refractivity contribution in [1.82, 2.24) is 9.88 Å². The maximum Gasteiger partial charge on any atom is 0.119 e. The van der Waals surface area contributed by atoms with E-state index >= 15 is 0 Å². The third-order valence-electron chi connectivity index (χ3n) is 5.77. The largest absolute Gasteiger partial charge is 0.497 e. The lowest BCUT2D eigenvalue weighted by molar-refractivity contribution is 0.0173. The van der Waals surface area contributed by atoms with Gasteiger partial charge in [-0.15, -0.1) is 18.2 Å². The molecule has 4 unspecified atom stereocenters. The van der Waals surface area contributed by atoms with Gasteiger partial charge in [-0.25, -0.2) is 0 Å². The molecule has 1 aromatic heterocycles. The molecule has 126 valence electrons. The molecule has 2 bridgehead atoms. The number of methoxy groups -OCH3 is 1. The normalized spacial score (nSPS) is 30.2. The van der Waals surface area contributed by atoms with Crippen LogP contribution in [0.15, 0.2) is 43.1 Å². The van der Waals surface area contributed by atoms with Gasteiger partial charge in [-0.3, -0.25) is 9.88 Å². The Balaban J connectivity index is 1.69. The Labute approximate surface area is 148 Å². The Morgan fingerprint density at radius 2 is 2.29 bits per heavy atom. The zero-order valence-corrected chi connectivity index (χ0v) is 14.7. The molecule has 4 heteroatoms. The number of rotatable bonds is 4. The lowest BCUT2D eigenvalue weighted by Gasteiger charge is -2.50. The first kappa shape index (κ1) is 15.9. The summed E-state index contributed by atoms with van der Waals surface area (Å²) in [5.74, 6) is 2.19. The highest BCUT2D eigenvalue weighted by Crippen LogP contribution is 2.44. The molecule has 1 aromatic carbocycles. The summed E-state index contributed by atoms with van der Waals surface area (Å²) < 4.78 is 5.39. The summed E-state index contributed by atoms with van der Waals surface area (Å²) in [5, 5.41) is 1.07. The molecule has 0 radical (unpaired) electrons. The number of pyridine rings is 1. The fourth-order valence-electron chi connectivity index (χ4n) is 4.40. The summed E-state index contributed by atoms with van der Waals surface area (Å²) in [6, 6.07) is 8.45. The van der Waals surface area contributed by atoms with Crippen molar-refractivity contribution in [3.8, 4) is 5.75 Å². The molecule has 5 rings (SSSR count). The second-order valence-electron chi connectivity index (χ2n) is 6.93. The van der Waals surface area contributed by atoms with Crippen molar-refractivity contribution in [2.75, 3.05) is 20.2 Å². The molecule has 4 heterocycles. The van der Waals surface area contributed by atoms with Crippen LogP contribution in [0.3, 0.4) is 0 Å². The van der Waals surface area contributed by atoms with E-state index in [-0.39, 0.29) is 5.38 Å². The van der Waals surface area contributed by atoms with E-state index in [1.165, 1.54) is 6.42 Å². The predicted molar refractivity (Wildman–Crippen MR) is 98.7 cm³/mol. The Morgan fingerprint density at radius 3 is 3.00 bits per heavy atom. The molecular weight excluding hydrogens is 320 g/mol. The van der Waals surface area contributed by atoms with E-state index in [0.717, 1.165) is 47.6 Å². The third-order valence-corrected chi connectivity index (χ3v) is 6.30. The summed E-state index contributed by atoms with van der Waals surface area (Å²) in [6.07, 6.45) is 6.41. The second kappa shape index (κ2) is 6.38. The highest BCUT2D eigenvalue weighted by atomic mass is 35.5. The molecule has 3 aliphatic heterocycles. The average molecular weight is 343 g/mol. The van der Waals surface area contributed by atoms with Crippen molar-refractivity contribution in [1.29, 1.82) is 0 Å². The van der Waals surface area contributed by atoms with Crippen LogP contribution in [0, 0.1) is 11.8 Å². The van der Waals surface area contributed by atoms with Crippen molar-refractivity contribution < 1.29 is 4.74 Å². The number of hydrogen-bond acceptors (Lipinski definition) is 3. The number of nitrogens with zero attached hydrogens (tertiary/aromatic N) is 2. The number of aromatic nitrogens is 1. The van der Waals surface area contributed by atoms with E-state index in [9.17, 15) is 0 Å². The minimum absolute atomic E-state index is 0.0313. The molecular formula is C20H23ClN2O. The van der Waals surface area contributed by atoms with Crippen LogP contribution < -0.4 is 4.74 Å². The van der Waals surface area contributed by atoms with Gasteiger partial charge in [-0.05, 0) is 61.1 Å². The summed E-state index contributed by atoms with van der Waals surface area (Å²) in [5.41, 5.74) is 2.13. The number of alkyl halides is 1. The maximum atomic E-state index is 7.01. The molecule has 3 aliphatic rings. The van der Waals surface area contributed by atoms with E-state index in [2.05, 4.69) is 34.7 Å². The van der Waals surface area contributed by atoms with Gasteiger partial charge in [0.2, 0.25) is 0 Å². The van der Waals surface area contributed by atoms with Gasteiger partial charge in [0.25, 0.3) is 0 Å². The van der Waals surface area contributed by atoms with Crippen molar-refractivity contribution in [3.63, 3.8) is 0 Å². The van der Waals surface area contributed by atoms with Crippen LogP contribution in [0.4, 0.5) is 0 Å². The van der Waals surface area contributed by atoms with Gasteiger partial charge in [-0.2, -0.15) is 0 Å². The van der Waals surface area contributed by atoms with E-state index in [1.54, 1.807) is 7.11 Å². The van der Waals surface area contributed by atoms with E-state index < -0.39 is 0 Å². The quantitative estimate of drug-likeness (QED) is 0.607. The fourth-order valence-corrected chi connectivity index (χ4v) is 4.86. The van der Waals surface area contributed by atoms with Crippen LogP contribution in [-0.2, 0) is 0 Å². The summed E-state index contributed by atoms with van der Waals surface area (Å²) in [7, 11) is 1.69. The van der Waals surface area contributed by atoms with Crippen molar-refractivity contribution in [2.45, 2.75) is 24.3 Å². The van der Waals surface area contributed by atoms with Gasteiger partial charge < -0.3 is 4.74 Å². The molecule has 5 atom stereocenters. The van der Waals surface area contributed by atoms with Crippen LogP contribution in [0.1, 0.15) is 23.8 Å². The highest BCUT2D eigenvalue weighted by Gasteiger charge is 2.42. The number of benzene rings is 1. The Kier molecular flexibility index (Phi) is 4.23. The number of halogens is 1. The molecule has 3 saturated heterocycles. The molecule has 0 aliphatic carbocycles. The van der Waals surface area contributed by atoms with Gasteiger partial charge in [0.15, 0.2) is 0 Å². The highest BCUT2D eigenvalue weighted by molar-refractivity contribution is 6.22. The number of fused-ring (bicyclic) bond motifs is 4. The van der Waals surface area contributed by atoms with E-state index in [0.29, 0.717) is 12.0 Å². The second-order valence-corrected chi connectivity index (χ2v) is 7.40. The van der Waals surface area contributed by atoms with Gasteiger partial charge in [0.05, 0.1) is 18.0 Å². The number of hydrogen-bond donors (Lipinski definition) is 0. The van der Waals surface area contributed by atoms with Crippen molar-refractivity contribution in [2.24, 2.45) is 11.8 Å². The molecule has 0 amide bonds. The molecule has 3 nitrogen and oxygen atoms in total. The molecule has 0 spiro atoms. The Hall–Kier alpha value is -1.58. The van der Waals surface area contributed by atoms with Gasteiger partial charge in [0.1, 0.15) is 5.75 Å². The molecule has 3 fully saturated rings. The standard InChI is InChI=1S/C20H23ClN2O/c1-3-13-12-23-9-7-14(13)10-19(23)20(21)16-6-8-22-18-5-4-15(24-2)11-17(16)18/h3-6,8,11,13-14,19-20H,1,7,9-10,12H2,2H3/t13?,14?,19?,20-/m0/s1. The summed E-state index contributed by atoms with van der Waals surface area (Å²) >= 11 is 7.01. The van der Waals surface area contributed by atoms with Gasteiger partial charge >= 0.3 is 0 Å².